The van der Waals surface area contributed by atoms with Crippen molar-refractivity contribution >= 4 is 5.97 Å². The summed E-state index contributed by atoms with van der Waals surface area (Å²) in [6, 6.07) is 0. The van der Waals surface area contributed by atoms with E-state index in [2.05, 4.69) is 16.7 Å². The van der Waals surface area contributed by atoms with Crippen LogP contribution in [0, 0.1) is 5.41 Å². The zero-order valence-corrected chi connectivity index (χ0v) is 12.1. The highest BCUT2D eigenvalue weighted by Gasteiger charge is 2.43. The second-order valence-electron chi connectivity index (χ2n) is 5.81. The first-order valence-corrected chi connectivity index (χ1v) is 7.39. The van der Waals surface area contributed by atoms with E-state index in [-0.39, 0.29) is 6.10 Å². The van der Waals surface area contributed by atoms with Crippen LogP contribution >= 0.6 is 0 Å². The maximum atomic E-state index is 11.4. The number of carboxylic acids is 1. The lowest BCUT2D eigenvalue weighted by atomic mass is 9.84. The molecule has 0 saturated carbocycles. The van der Waals surface area contributed by atoms with Crippen LogP contribution in [-0.2, 0) is 9.53 Å². The summed E-state index contributed by atoms with van der Waals surface area (Å²) in [7, 11) is 0. The minimum Gasteiger partial charge on any atom is -0.481 e. The number of aliphatic carboxylic acids is 1. The third-order valence-electron chi connectivity index (χ3n) is 4.70. The molecular weight excluding hydrogens is 244 g/mol. The van der Waals surface area contributed by atoms with Gasteiger partial charge in [-0.1, -0.05) is 13.8 Å². The number of carboxylic acid groups (broad SMARTS) is 1. The highest BCUT2D eigenvalue weighted by atomic mass is 16.5. The van der Waals surface area contributed by atoms with Gasteiger partial charge in [-0.05, 0) is 25.9 Å². The van der Waals surface area contributed by atoms with Gasteiger partial charge < -0.3 is 9.84 Å². The largest absolute Gasteiger partial charge is 0.481 e. The van der Waals surface area contributed by atoms with Crippen molar-refractivity contribution in [3.8, 4) is 0 Å². The smallest absolute Gasteiger partial charge is 0.310 e. The molecule has 0 amide bonds. The van der Waals surface area contributed by atoms with Gasteiger partial charge in [-0.3, -0.25) is 14.6 Å². The molecule has 2 saturated heterocycles. The Balaban J connectivity index is 1.86. The van der Waals surface area contributed by atoms with Crippen LogP contribution in [-0.4, -0.2) is 72.9 Å². The van der Waals surface area contributed by atoms with Crippen molar-refractivity contribution in [1.82, 2.24) is 9.80 Å². The lowest BCUT2D eigenvalue weighted by Gasteiger charge is -2.34. The van der Waals surface area contributed by atoms with Crippen LogP contribution in [0.15, 0.2) is 0 Å². The van der Waals surface area contributed by atoms with E-state index in [0.29, 0.717) is 13.0 Å². The monoisotopic (exact) mass is 270 g/mol. The van der Waals surface area contributed by atoms with Gasteiger partial charge in [-0.25, -0.2) is 0 Å². The number of ether oxygens (including phenoxy) is 1. The predicted molar refractivity (Wildman–Crippen MR) is 73.3 cm³/mol. The summed E-state index contributed by atoms with van der Waals surface area (Å²) >= 11 is 0. The Labute approximate surface area is 115 Å². The fourth-order valence-electron chi connectivity index (χ4n) is 3.19. The van der Waals surface area contributed by atoms with Crippen molar-refractivity contribution in [2.75, 3.05) is 45.9 Å². The van der Waals surface area contributed by atoms with Crippen molar-refractivity contribution in [1.29, 1.82) is 0 Å². The Hall–Kier alpha value is -0.650. The molecule has 5 heteroatoms. The average molecular weight is 270 g/mol. The standard InChI is InChI=1S/C14H26N2O3/c1-3-14(13(17)18)5-6-16(11-14)10-12-9-15(4-2)7-8-19-12/h12H,3-11H2,1-2H3,(H,17,18). The number of rotatable bonds is 5. The Morgan fingerprint density at radius 2 is 2.16 bits per heavy atom. The SMILES string of the molecule is CCN1CCOC(CN2CCC(CC)(C(=O)O)C2)C1. The molecule has 2 unspecified atom stereocenters. The fraction of sp³-hybridized carbons (Fsp3) is 0.929. The highest BCUT2D eigenvalue weighted by molar-refractivity contribution is 5.75. The number of morpholine rings is 1. The molecule has 0 radical (unpaired) electrons. The van der Waals surface area contributed by atoms with E-state index in [1.165, 1.54) is 0 Å². The van der Waals surface area contributed by atoms with Crippen LogP contribution in [0.1, 0.15) is 26.7 Å². The summed E-state index contributed by atoms with van der Waals surface area (Å²) in [6.07, 6.45) is 1.71. The summed E-state index contributed by atoms with van der Waals surface area (Å²) in [4.78, 5) is 16.1. The number of nitrogens with zero attached hydrogens (tertiary/aromatic N) is 2. The van der Waals surface area contributed by atoms with Gasteiger partial charge in [0.15, 0.2) is 0 Å². The van der Waals surface area contributed by atoms with Crippen molar-refractivity contribution in [3.05, 3.63) is 0 Å². The highest BCUT2D eigenvalue weighted by Crippen LogP contribution is 2.34. The molecule has 0 spiro atoms. The molecule has 5 nitrogen and oxygen atoms in total. The van der Waals surface area contributed by atoms with E-state index in [1.807, 2.05) is 6.92 Å². The number of likely N-dealkylation sites (N-methyl/N-ethyl adjacent to an activating group) is 1. The van der Waals surface area contributed by atoms with E-state index in [9.17, 15) is 9.90 Å². The second-order valence-corrected chi connectivity index (χ2v) is 5.81. The van der Waals surface area contributed by atoms with E-state index in [1.54, 1.807) is 0 Å². The van der Waals surface area contributed by atoms with Crippen molar-refractivity contribution < 1.29 is 14.6 Å². The van der Waals surface area contributed by atoms with Crippen LogP contribution in [0.2, 0.25) is 0 Å². The number of likely N-dealkylation sites (tertiary alicyclic amines) is 1. The zero-order chi connectivity index (χ0) is 13.9. The molecule has 1 N–H and O–H groups in total. The van der Waals surface area contributed by atoms with Gasteiger partial charge in [-0.15, -0.1) is 0 Å². The first-order chi connectivity index (χ1) is 9.09. The molecule has 2 heterocycles. The van der Waals surface area contributed by atoms with E-state index >= 15 is 0 Å². The van der Waals surface area contributed by atoms with Crippen LogP contribution in [0.4, 0.5) is 0 Å². The Bertz CT molecular complexity index is 324. The Kier molecular flexibility index (Phi) is 4.81. The van der Waals surface area contributed by atoms with Gasteiger partial charge in [0.05, 0.1) is 18.1 Å². The number of hydrogen-bond acceptors (Lipinski definition) is 4. The quantitative estimate of drug-likeness (QED) is 0.804. The fourth-order valence-corrected chi connectivity index (χ4v) is 3.19. The zero-order valence-electron chi connectivity index (χ0n) is 12.1. The van der Waals surface area contributed by atoms with Crippen molar-refractivity contribution in [2.45, 2.75) is 32.8 Å². The van der Waals surface area contributed by atoms with Crippen LogP contribution in [0.3, 0.4) is 0 Å². The van der Waals surface area contributed by atoms with Gasteiger partial charge in [-0.2, -0.15) is 0 Å². The van der Waals surface area contributed by atoms with Gasteiger partial charge in [0.1, 0.15) is 0 Å². The third kappa shape index (κ3) is 3.27. The minimum absolute atomic E-state index is 0.232. The predicted octanol–water partition coefficient (Wildman–Crippen LogP) is 0.894. The maximum absolute atomic E-state index is 11.4. The summed E-state index contributed by atoms with van der Waals surface area (Å²) in [5, 5.41) is 9.40. The molecule has 2 atom stereocenters. The molecule has 2 fully saturated rings. The van der Waals surface area contributed by atoms with E-state index < -0.39 is 11.4 Å². The molecule has 2 rings (SSSR count). The lowest BCUT2D eigenvalue weighted by Crippen LogP contribution is -2.47. The maximum Gasteiger partial charge on any atom is 0.310 e. The summed E-state index contributed by atoms with van der Waals surface area (Å²) in [6.45, 7) is 10.4. The molecule has 2 aliphatic heterocycles. The molecule has 19 heavy (non-hydrogen) atoms. The summed E-state index contributed by atoms with van der Waals surface area (Å²) < 4.78 is 5.80. The topological polar surface area (TPSA) is 53.0 Å². The van der Waals surface area contributed by atoms with E-state index in [4.69, 9.17) is 4.74 Å². The summed E-state index contributed by atoms with van der Waals surface area (Å²) in [5.41, 5.74) is -0.529. The molecule has 0 aromatic rings. The van der Waals surface area contributed by atoms with Crippen molar-refractivity contribution in [2.24, 2.45) is 5.41 Å². The normalized spacial score (nSPS) is 33.7. The molecule has 0 aromatic heterocycles. The van der Waals surface area contributed by atoms with Gasteiger partial charge in [0.25, 0.3) is 0 Å². The molecule has 0 bridgehead atoms. The lowest BCUT2D eigenvalue weighted by molar-refractivity contribution is -0.148. The van der Waals surface area contributed by atoms with Gasteiger partial charge in [0, 0.05) is 26.2 Å². The van der Waals surface area contributed by atoms with E-state index in [0.717, 1.165) is 45.8 Å². The molecule has 2 aliphatic rings. The Morgan fingerprint density at radius 3 is 2.74 bits per heavy atom. The first kappa shape index (κ1) is 14.8. The van der Waals surface area contributed by atoms with Gasteiger partial charge >= 0.3 is 5.97 Å². The van der Waals surface area contributed by atoms with Gasteiger partial charge in [0.2, 0.25) is 0 Å². The Morgan fingerprint density at radius 1 is 1.37 bits per heavy atom. The molecular formula is C14H26N2O3. The van der Waals surface area contributed by atoms with Crippen molar-refractivity contribution in [3.63, 3.8) is 0 Å². The number of hydrogen-bond donors (Lipinski definition) is 1. The molecule has 0 aliphatic carbocycles. The minimum atomic E-state index is -0.641. The van der Waals surface area contributed by atoms with Crippen LogP contribution in [0.25, 0.3) is 0 Å². The summed E-state index contributed by atoms with van der Waals surface area (Å²) in [5.74, 6) is -0.641. The van der Waals surface area contributed by atoms with Crippen LogP contribution < -0.4 is 0 Å². The number of carbonyl (C=O) groups is 1. The van der Waals surface area contributed by atoms with Crippen LogP contribution in [0.5, 0.6) is 0 Å². The first-order valence-electron chi connectivity index (χ1n) is 7.39. The second kappa shape index (κ2) is 6.20. The average Bonchev–Trinajstić information content (AvgIpc) is 2.83. The molecule has 0 aromatic carbocycles. The third-order valence-corrected chi connectivity index (χ3v) is 4.70. The molecule has 110 valence electrons.